The van der Waals surface area contributed by atoms with E-state index in [0.717, 1.165) is 39.5 Å². The van der Waals surface area contributed by atoms with Gasteiger partial charge in [-0.05, 0) is 19.1 Å². The van der Waals surface area contributed by atoms with Crippen LogP contribution in [0.3, 0.4) is 0 Å². The van der Waals surface area contributed by atoms with E-state index in [2.05, 4.69) is 30.6 Å². The van der Waals surface area contributed by atoms with Gasteiger partial charge in [-0.3, -0.25) is 0 Å². The van der Waals surface area contributed by atoms with E-state index in [0.29, 0.717) is 5.56 Å². The number of aryl methyl sites for hydroxylation is 2. The maximum atomic E-state index is 9.55. The highest BCUT2D eigenvalue weighted by atomic mass is 16.4. The van der Waals surface area contributed by atoms with Crippen molar-refractivity contribution in [1.29, 1.82) is 5.26 Å². The minimum Gasteiger partial charge on any atom is -0.398 e. The molecule has 2 heterocycles. The summed E-state index contributed by atoms with van der Waals surface area (Å²) in [5.74, 6) is 0.747. The SMILES string of the molecule is Cc1c(-c2oc3ccccc3[n+]2C)cc(C#N)cc1-[n+]1ccccc1C. The van der Waals surface area contributed by atoms with Crippen LogP contribution in [0.2, 0.25) is 0 Å². The second kappa shape index (κ2) is 6.12. The molecule has 4 heteroatoms. The van der Waals surface area contributed by atoms with E-state index >= 15 is 0 Å². The largest absolute Gasteiger partial charge is 0.398 e. The zero-order chi connectivity index (χ0) is 18.3. The fourth-order valence-corrected chi connectivity index (χ4v) is 3.37. The minimum absolute atomic E-state index is 0.608. The quantitative estimate of drug-likeness (QED) is 0.522. The molecule has 0 spiro atoms. The van der Waals surface area contributed by atoms with Crippen molar-refractivity contribution in [3.8, 4) is 23.2 Å². The van der Waals surface area contributed by atoms with Gasteiger partial charge in [0.1, 0.15) is 7.05 Å². The lowest BCUT2D eigenvalue weighted by Gasteiger charge is -2.06. The van der Waals surface area contributed by atoms with Gasteiger partial charge in [-0.2, -0.15) is 14.4 Å². The van der Waals surface area contributed by atoms with Crippen LogP contribution in [0.4, 0.5) is 0 Å². The molecule has 0 fully saturated rings. The fraction of sp³-hybridized carbons (Fsp3) is 0.136. The first-order chi connectivity index (χ1) is 12.6. The molecule has 0 saturated heterocycles. The lowest BCUT2D eigenvalue weighted by atomic mass is 10.0. The molecule has 0 N–H and O–H groups in total. The van der Waals surface area contributed by atoms with E-state index < -0.39 is 0 Å². The second-order valence-corrected chi connectivity index (χ2v) is 6.43. The Labute approximate surface area is 152 Å². The predicted molar refractivity (Wildman–Crippen MR) is 98.5 cm³/mol. The van der Waals surface area contributed by atoms with E-state index in [1.807, 2.05) is 66.3 Å². The van der Waals surface area contributed by atoms with Crippen LogP contribution in [0, 0.1) is 25.2 Å². The molecule has 4 aromatic rings. The van der Waals surface area contributed by atoms with Gasteiger partial charge in [0, 0.05) is 36.8 Å². The van der Waals surface area contributed by atoms with Gasteiger partial charge in [-0.25, -0.2) is 0 Å². The molecule has 0 bridgehead atoms. The highest BCUT2D eigenvalue weighted by Gasteiger charge is 2.27. The van der Waals surface area contributed by atoms with Crippen LogP contribution in [0.25, 0.3) is 28.2 Å². The first-order valence-corrected chi connectivity index (χ1v) is 8.50. The van der Waals surface area contributed by atoms with Gasteiger partial charge >= 0.3 is 5.89 Å². The van der Waals surface area contributed by atoms with E-state index in [1.165, 1.54) is 0 Å². The summed E-state index contributed by atoms with van der Waals surface area (Å²) in [6, 6.07) is 20.1. The van der Waals surface area contributed by atoms with Crippen molar-refractivity contribution in [3.63, 3.8) is 0 Å². The summed E-state index contributed by atoms with van der Waals surface area (Å²) in [6.07, 6.45) is 2.02. The number of oxazole rings is 1. The molecule has 0 aliphatic carbocycles. The summed E-state index contributed by atoms with van der Waals surface area (Å²) in [6.45, 7) is 4.12. The number of pyridine rings is 1. The summed E-state index contributed by atoms with van der Waals surface area (Å²) in [7, 11) is 1.99. The third kappa shape index (κ3) is 2.46. The number of aromatic nitrogens is 2. The summed E-state index contributed by atoms with van der Waals surface area (Å²) < 4.78 is 10.3. The standard InChI is InChI=1S/C22H19N3O/c1-15-8-6-7-11-25(15)20-13-17(14-23)12-18(16(20)2)22-24(3)19-9-4-5-10-21(19)26-22/h4-13H,1-3H3/q+2. The summed E-state index contributed by atoms with van der Waals surface area (Å²) in [5.41, 5.74) is 6.54. The maximum absolute atomic E-state index is 9.55. The van der Waals surface area contributed by atoms with E-state index in [4.69, 9.17) is 4.42 Å². The molecular formula is C22H19N3O+2. The van der Waals surface area contributed by atoms with Crippen LogP contribution in [0.5, 0.6) is 0 Å². The van der Waals surface area contributed by atoms with Crippen LogP contribution >= 0.6 is 0 Å². The topological polar surface area (TPSA) is 44.7 Å². The Kier molecular flexibility index (Phi) is 3.78. The average molecular weight is 341 g/mol. The van der Waals surface area contributed by atoms with E-state index in [1.54, 1.807) is 0 Å². The van der Waals surface area contributed by atoms with Crippen molar-refractivity contribution in [2.75, 3.05) is 0 Å². The number of hydrogen-bond acceptors (Lipinski definition) is 2. The molecule has 0 unspecified atom stereocenters. The molecule has 2 aromatic heterocycles. The zero-order valence-electron chi connectivity index (χ0n) is 15.0. The van der Waals surface area contributed by atoms with Crippen molar-refractivity contribution in [2.24, 2.45) is 7.05 Å². The Morgan fingerprint density at radius 1 is 1.00 bits per heavy atom. The molecule has 0 atom stereocenters. The van der Waals surface area contributed by atoms with Gasteiger partial charge in [0.25, 0.3) is 5.52 Å². The van der Waals surface area contributed by atoms with Gasteiger partial charge in [0.2, 0.25) is 11.3 Å². The normalized spacial score (nSPS) is 10.8. The molecular weight excluding hydrogens is 322 g/mol. The fourth-order valence-electron chi connectivity index (χ4n) is 3.37. The number of benzene rings is 2. The Morgan fingerprint density at radius 2 is 1.77 bits per heavy atom. The molecule has 26 heavy (non-hydrogen) atoms. The number of rotatable bonds is 2. The Hall–Kier alpha value is -3.45. The van der Waals surface area contributed by atoms with Gasteiger partial charge < -0.3 is 4.42 Å². The second-order valence-electron chi connectivity index (χ2n) is 6.43. The molecule has 0 aliphatic rings. The molecule has 0 aliphatic heterocycles. The number of para-hydroxylation sites is 2. The van der Waals surface area contributed by atoms with Gasteiger partial charge in [0.15, 0.2) is 11.9 Å². The lowest BCUT2D eigenvalue weighted by Crippen LogP contribution is -2.35. The molecule has 126 valence electrons. The zero-order valence-corrected chi connectivity index (χ0v) is 15.0. The van der Waals surface area contributed by atoms with E-state index in [-0.39, 0.29) is 0 Å². The number of hydrogen-bond donors (Lipinski definition) is 0. The monoisotopic (exact) mass is 341 g/mol. The Bertz CT molecular complexity index is 1180. The molecule has 4 nitrogen and oxygen atoms in total. The van der Waals surface area contributed by atoms with Gasteiger partial charge in [-0.1, -0.05) is 18.2 Å². The maximum Gasteiger partial charge on any atom is 0.381 e. The molecule has 0 saturated carbocycles. The Morgan fingerprint density at radius 3 is 2.50 bits per heavy atom. The number of fused-ring (bicyclic) bond motifs is 1. The van der Waals surface area contributed by atoms with Gasteiger partial charge in [0.05, 0.1) is 17.2 Å². The average Bonchev–Trinajstić information content (AvgIpc) is 2.99. The highest BCUT2D eigenvalue weighted by molar-refractivity contribution is 5.73. The smallest absolute Gasteiger partial charge is 0.381 e. The molecule has 2 aromatic carbocycles. The van der Waals surface area contributed by atoms with Crippen LogP contribution in [-0.4, -0.2) is 0 Å². The van der Waals surface area contributed by atoms with Crippen molar-refractivity contribution >= 4 is 11.1 Å². The van der Waals surface area contributed by atoms with E-state index in [9.17, 15) is 5.26 Å². The highest BCUT2D eigenvalue weighted by Crippen LogP contribution is 2.28. The van der Waals surface area contributed by atoms with Crippen LogP contribution in [0.15, 0.2) is 65.2 Å². The predicted octanol–water partition coefficient (Wildman–Crippen LogP) is 3.69. The third-order valence-electron chi connectivity index (χ3n) is 4.80. The van der Waals surface area contributed by atoms with Crippen molar-refractivity contribution in [2.45, 2.75) is 13.8 Å². The summed E-state index contributed by atoms with van der Waals surface area (Å²) in [4.78, 5) is 0. The first kappa shape index (κ1) is 16.0. The van der Waals surface area contributed by atoms with Crippen LogP contribution in [0.1, 0.15) is 16.8 Å². The van der Waals surface area contributed by atoms with Crippen LogP contribution in [-0.2, 0) is 7.05 Å². The first-order valence-electron chi connectivity index (χ1n) is 8.50. The molecule has 0 amide bonds. The summed E-state index contributed by atoms with van der Waals surface area (Å²) in [5, 5.41) is 9.55. The van der Waals surface area contributed by atoms with Crippen LogP contribution < -0.4 is 9.13 Å². The molecule has 0 radical (unpaired) electrons. The third-order valence-corrected chi connectivity index (χ3v) is 4.80. The number of nitrogens with zero attached hydrogens (tertiary/aromatic N) is 3. The minimum atomic E-state index is 0.608. The number of nitriles is 1. The van der Waals surface area contributed by atoms with Crippen molar-refractivity contribution < 1.29 is 13.6 Å². The summed E-state index contributed by atoms with van der Waals surface area (Å²) >= 11 is 0. The molecule has 4 rings (SSSR count). The van der Waals surface area contributed by atoms with Crippen molar-refractivity contribution in [3.05, 3.63) is 77.6 Å². The van der Waals surface area contributed by atoms with Crippen molar-refractivity contribution in [1.82, 2.24) is 0 Å². The van der Waals surface area contributed by atoms with Gasteiger partial charge in [-0.15, -0.1) is 0 Å². The lowest BCUT2D eigenvalue weighted by molar-refractivity contribution is -0.637. The Balaban J connectivity index is 2.03.